The number of halogens is 1. The predicted octanol–water partition coefficient (Wildman–Crippen LogP) is 4.14. The molecule has 0 spiro atoms. The van der Waals surface area contributed by atoms with Gasteiger partial charge < -0.3 is 5.32 Å². The molecule has 2 aromatic carbocycles. The lowest BCUT2D eigenvalue weighted by molar-refractivity contribution is -0.116. The zero-order valence-corrected chi connectivity index (χ0v) is 17.7. The fourth-order valence-corrected chi connectivity index (χ4v) is 4.05. The molecule has 0 saturated carbocycles. The molecule has 2 rings (SSSR count). The number of nitrogens with one attached hydrogen (secondary N) is 1. The molecule has 0 aliphatic heterocycles. The summed E-state index contributed by atoms with van der Waals surface area (Å²) < 4.78 is 27.3. The number of rotatable bonds is 6. The van der Waals surface area contributed by atoms with Gasteiger partial charge >= 0.3 is 0 Å². The number of likely N-dealkylation sites (N-methyl/N-ethyl adjacent to an activating group) is 1. The monoisotopic (exact) mass is 438 g/mol. The van der Waals surface area contributed by atoms with E-state index in [1.165, 1.54) is 7.05 Å². The van der Waals surface area contributed by atoms with E-state index in [9.17, 15) is 13.2 Å². The van der Waals surface area contributed by atoms with E-state index in [1.807, 2.05) is 32.9 Å². The minimum absolute atomic E-state index is 0.178. The molecule has 0 unspecified atom stereocenters. The van der Waals surface area contributed by atoms with Crippen LogP contribution >= 0.6 is 15.9 Å². The van der Waals surface area contributed by atoms with Crippen molar-refractivity contribution in [3.8, 4) is 0 Å². The highest BCUT2D eigenvalue weighted by Crippen LogP contribution is 2.21. The van der Waals surface area contributed by atoms with E-state index in [4.69, 9.17) is 0 Å². The predicted molar refractivity (Wildman–Crippen MR) is 108 cm³/mol. The lowest BCUT2D eigenvalue weighted by Crippen LogP contribution is -2.35. The van der Waals surface area contributed by atoms with Gasteiger partial charge in [0.25, 0.3) is 0 Å². The number of aryl methyl sites for hydroxylation is 1. The summed E-state index contributed by atoms with van der Waals surface area (Å²) in [6.07, 6.45) is 0. The number of hydrogen-bond acceptors (Lipinski definition) is 3. The minimum atomic E-state index is -3.72. The summed E-state index contributed by atoms with van der Waals surface area (Å²) >= 11 is 3.37. The Labute approximate surface area is 163 Å². The van der Waals surface area contributed by atoms with Crippen molar-refractivity contribution in [2.24, 2.45) is 0 Å². The maximum atomic E-state index is 12.7. The van der Waals surface area contributed by atoms with Crippen molar-refractivity contribution in [3.63, 3.8) is 0 Å². The van der Waals surface area contributed by atoms with Gasteiger partial charge in [-0.05, 0) is 54.3 Å². The molecule has 0 radical (unpaired) electrons. The van der Waals surface area contributed by atoms with Gasteiger partial charge in [-0.2, -0.15) is 4.31 Å². The van der Waals surface area contributed by atoms with Crippen molar-refractivity contribution >= 4 is 37.5 Å². The molecule has 7 heteroatoms. The molecule has 140 valence electrons. The van der Waals surface area contributed by atoms with Crippen LogP contribution in [0.2, 0.25) is 0 Å². The van der Waals surface area contributed by atoms with Crippen molar-refractivity contribution in [3.05, 3.63) is 58.1 Å². The second kappa shape index (κ2) is 8.33. The maximum Gasteiger partial charge on any atom is 0.243 e. The van der Waals surface area contributed by atoms with E-state index in [1.54, 1.807) is 30.3 Å². The Morgan fingerprint density at radius 2 is 1.77 bits per heavy atom. The largest absolute Gasteiger partial charge is 0.325 e. The van der Waals surface area contributed by atoms with Crippen LogP contribution in [0.3, 0.4) is 0 Å². The molecule has 1 N–H and O–H groups in total. The fraction of sp³-hybridized carbons (Fsp3) is 0.316. The molecule has 26 heavy (non-hydrogen) atoms. The molecular weight excluding hydrogens is 416 g/mol. The van der Waals surface area contributed by atoms with Crippen molar-refractivity contribution in [2.45, 2.75) is 31.6 Å². The van der Waals surface area contributed by atoms with Crippen molar-refractivity contribution in [1.29, 1.82) is 0 Å². The second-order valence-electron chi connectivity index (χ2n) is 6.49. The van der Waals surface area contributed by atoms with Gasteiger partial charge in [-0.3, -0.25) is 4.79 Å². The average molecular weight is 439 g/mol. The molecule has 0 atom stereocenters. The summed E-state index contributed by atoms with van der Waals surface area (Å²) in [5.74, 6) is -0.0651. The molecule has 0 saturated heterocycles. The lowest BCUT2D eigenvalue weighted by atomic mass is 10.0. The Morgan fingerprint density at radius 1 is 1.15 bits per heavy atom. The summed E-state index contributed by atoms with van der Waals surface area (Å²) in [4.78, 5) is 12.4. The first-order valence-electron chi connectivity index (χ1n) is 8.23. The van der Waals surface area contributed by atoms with Gasteiger partial charge in [0.2, 0.25) is 15.9 Å². The van der Waals surface area contributed by atoms with E-state index >= 15 is 0 Å². The van der Waals surface area contributed by atoms with Gasteiger partial charge in [0.05, 0.1) is 11.4 Å². The highest BCUT2D eigenvalue weighted by atomic mass is 79.9. The zero-order valence-electron chi connectivity index (χ0n) is 15.3. The van der Waals surface area contributed by atoms with Crippen LogP contribution < -0.4 is 5.32 Å². The summed E-state index contributed by atoms with van der Waals surface area (Å²) in [6.45, 7) is 5.70. The lowest BCUT2D eigenvalue weighted by Gasteiger charge is -2.18. The molecule has 0 aliphatic carbocycles. The van der Waals surface area contributed by atoms with E-state index in [2.05, 4.69) is 21.2 Å². The van der Waals surface area contributed by atoms with Crippen molar-refractivity contribution in [1.82, 2.24) is 4.31 Å². The highest BCUT2D eigenvalue weighted by Gasteiger charge is 2.23. The molecule has 0 bridgehead atoms. The standard InChI is InChI=1S/C19H23BrN2O3S/c1-13(2)15-5-8-17(9-6-15)26(24,25)22(4)12-19(23)21-18-10-7-16(20)11-14(18)3/h5-11,13H,12H2,1-4H3,(H,21,23). The third-order valence-electron chi connectivity index (χ3n) is 4.08. The Hall–Kier alpha value is -1.70. The summed E-state index contributed by atoms with van der Waals surface area (Å²) in [5.41, 5.74) is 2.61. The number of carbonyl (C=O) groups is 1. The Bertz CT molecular complexity index is 894. The van der Waals surface area contributed by atoms with Gasteiger partial charge in [0.1, 0.15) is 0 Å². The Kier molecular flexibility index (Phi) is 6.60. The van der Waals surface area contributed by atoms with Gasteiger partial charge in [-0.1, -0.05) is 41.9 Å². The van der Waals surface area contributed by atoms with Crippen LogP contribution in [0.25, 0.3) is 0 Å². The van der Waals surface area contributed by atoms with E-state index < -0.39 is 10.0 Å². The number of anilines is 1. The maximum absolute atomic E-state index is 12.7. The zero-order chi connectivity index (χ0) is 19.5. The molecule has 2 aromatic rings. The molecule has 0 aliphatic rings. The first kappa shape index (κ1) is 20.6. The SMILES string of the molecule is Cc1cc(Br)ccc1NC(=O)CN(C)S(=O)(=O)c1ccc(C(C)C)cc1. The number of benzene rings is 2. The smallest absolute Gasteiger partial charge is 0.243 e. The number of amides is 1. The molecule has 1 amide bonds. The number of nitrogens with zero attached hydrogens (tertiary/aromatic N) is 1. The first-order chi connectivity index (χ1) is 12.1. The van der Waals surface area contributed by atoms with Crippen LogP contribution in [-0.2, 0) is 14.8 Å². The van der Waals surface area contributed by atoms with Crippen LogP contribution in [0.15, 0.2) is 51.8 Å². The number of sulfonamides is 1. The number of carbonyl (C=O) groups excluding carboxylic acids is 1. The van der Waals surface area contributed by atoms with Gasteiger partial charge in [-0.25, -0.2) is 8.42 Å². The van der Waals surface area contributed by atoms with Crippen LogP contribution in [0.1, 0.15) is 30.9 Å². The Morgan fingerprint density at radius 3 is 2.31 bits per heavy atom. The summed E-state index contributed by atoms with van der Waals surface area (Å²) in [7, 11) is -2.32. The quantitative estimate of drug-likeness (QED) is 0.736. The van der Waals surface area contributed by atoms with Crippen LogP contribution in [0.5, 0.6) is 0 Å². The number of hydrogen-bond donors (Lipinski definition) is 1. The first-order valence-corrected chi connectivity index (χ1v) is 10.5. The van der Waals surface area contributed by atoms with Gasteiger partial charge in [0, 0.05) is 17.2 Å². The molecule has 0 heterocycles. The third-order valence-corrected chi connectivity index (χ3v) is 6.39. The molecule has 0 aromatic heterocycles. The van der Waals surface area contributed by atoms with E-state index in [-0.39, 0.29) is 17.3 Å². The Balaban J connectivity index is 2.09. The van der Waals surface area contributed by atoms with Crippen LogP contribution in [0, 0.1) is 6.92 Å². The van der Waals surface area contributed by atoms with Gasteiger partial charge in [-0.15, -0.1) is 0 Å². The average Bonchev–Trinajstić information content (AvgIpc) is 2.57. The normalized spacial score (nSPS) is 11.8. The van der Waals surface area contributed by atoms with E-state index in [0.29, 0.717) is 11.6 Å². The minimum Gasteiger partial charge on any atom is -0.325 e. The second-order valence-corrected chi connectivity index (χ2v) is 9.45. The molecule has 0 fully saturated rings. The van der Waals surface area contributed by atoms with E-state index in [0.717, 1.165) is 19.9 Å². The van der Waals surface area contributed by atoms with Crippen LogP contribution in [0.4, 0.5) is 5.69 Å². The summed E-state index contributed by atoms with van der Waals surface area (Å²) in [6, 6.07) is 12.2. The highest BCUT2D eigenvalue weighted by molar-refractivity contribution is 9.10. The van der Waals surface area contributed by atoms with Gasteiger partial charge in [0.15, 0.2) is 0 Å². The van der Waals surface area contributed by atoms with Crippen molar-refractivity contribution in [2.75, 3.05) is 18.9 Å². The third kappa shape index (κ3) is 4.93. The fourth-order valence-electron chi connectivity index (χ4n) is 2.45. The summed E-state index contributed by atoms with van der Waals surface area (Å²) in [5, 5.41) is 2.75. The molecule has 5 nitrogen and oxygen atoms in total. The van der Waals surface area contributed by atoms with Crippen LogP contribution in [-0.4, -0.2) is 32.2 Å². The topological polar surface area (TPSA) is 66.5 Å². The molecular formula is C19H23BrN2O3S. The van der Waals surface area contributed by atoms with Crippen molar-refractivity contribution < 1.29 is 13.2 Å².